The minimum atomic E-state index is -0.259. The average Bonchev–Trinajstić information content (AvgIpc) is 3.17. The zero-order valence-electron chi connectivity index (χ0n) is 13.1. The van der Waals surface area contributed by atoms with Gasteiger partial charge in [-0.1, -0.05) is 18.2 Å². The van der Waals surface area contributed by atoms with Gasteiger partial charge in [-0.05, 0) is 54.9 Å². The van der Waals surface area contributed by atoms with E-state index in [0.29, 0.717) is 11.6 Å². The lowest BCUT2D eigenvalue weighted by atomic mass is 10.1. The van der Waals surface area contributed by atoms with Gasteiger partial charge in [-0.15, -0.1) is 11.3 Å². The summed E-state index contributed by atoms with van der Waals surface area (Å²) in [4.78, 5) is 15.8. The standard InChI is InChI=1S/C19H19NO2S/c1-13-6-7-15-14(11-19(21)22-17(15)10-13)12-20-8-2-4-16(20)18-5-3-9-23-18/h3,5-7,9-11,16H,2,4,8,12H2,1H3/t16-/m1/s1. The van der Waals surface area contributed by atoms with Gasteiger partial charge in [-0.3, -0.25) is 4.90 Å². The first-order valence-corrected chi connectivity index (χ1v) is 8.89. The Morgan fingerprint density at radius 3 is 3.04 bits per heavy atom. The van der Waals surface area contributed by atoms with Crippen LogP contribution in [0.3, 0.4) is 0 Å². The second kappa shape index (κ2) is 5.95. The number of aryl methyl sites for hydroxylation is 1. The summed E-state index contributed by atoms with van der Waals surface area (Å²) in [5, 5.41) is 3.19. The van der Waals surface area contributed by atoms with Crippen LogP contribution in [0.25, 0.3) is 11.0 Å². The lowest BCUT2D eigenvalue weighted by Crippen LogP contribution is -2.23. The van der Waals surface area contributed by atoms with Crippen molar-refractivity contribution in [1.29, 1.82) is 0 Å². The maximum atomic E-state index is 11.9. The number of fused-ring (bicyclic) bond motifs is 1. The highest BCUT2D eigenvalue weighted by Gasteiger charge is 2.27. The predicted octanol–water partition coefficient (Wildman–Crippen LogP) is 4.50. The van der Waals surface area contributed by atoms with Crippen molar-refractivity contribution in [3.63, 3.8) is 0 Å². The molecule has 4 heteroatoms. The van der Waals surface area contributed by atoms with Crippen molar-refractivity contribution in [2.24, 2.45) is 0 Å². The van der Waals surface area contributed by atoms with Crippen molar-refractivity contribution in [2.45, 2.75) is 32.4 Å². The molecule has 3 heterocycles. The zero-order valence-corrected chi connectivity index (χ0v) is 13.9. The molecule has 1 aliphatic heterocycles. The van der Waals surface area contributed by atoms with Gasteiger partial charge in [-0.2, -0.15) is 0 Å². The Bertz CT molecular complexity index is 882. The van der Waals surface area contributed by atoms with Gasteiger partial charge >= 0.3 is 5.63 Å². The van der Waals surface area contributed by atoms with Crippen molar-refractivity contribution in [1.82, 2.24) is 4.90 Å². The second-order valence-electron chi connectivity index (χ2n) is 6.23. The molecule has 23 heavy (non-hydrogen) atoms. The van der Waals surface area contributed by atoms with Crippen molar-refractivity contribution in [3.05, 3.63) is 68.2 Å². The van der Waals surface area contributed by atoms with Crippen molar-refractivity contribution in [2.75, 3.05) is 6.54 Å². The van der Waals surface area contributed by atoms with E-state index >= 15 is 0 Å². The summed E-state index contributed by atoms with van der Waals surface area (Å²) in [6.07, 6.45) is 2.40. The summed E-state index contributed by atoms with van der Waals surface area (Å²) in [7, 11) is 0. The van der Waals surface area contributed by atoms with Crippen LogP contribution in [0, 0.1) is 6.92 Å². The Morgan fingerprint density at radius 1 is 1.30 bits per heavy atom. The van der Waals surface area contributed by atoms with Crippen LogP contribution in [-0.4, -0.2) is 11.4 Å². The summed E-state index contributed by atoms with van der Waals surface area (Å²) >= 11 is 1.82. The van der Waals surface area contributed by atoms with E-state index in [-0.39, 0.29) is 5.63 Å². The molecule has 3 aromatic rings. The summed E-state index contributed by atoms with van der Waals surface area (Å²) < 4.78 is 5.37. The first-order valence-electron chi connectivity index (χ1n) is 8.01. The Morgan fingerprint density at radius 2 is 2.22 bits per heavy atom. The molecule has 0 amide bonds. The number of nitrogens with zero attached hydrogens (tertiary/aromatic N) is 1. The second-order valence-corrected chi connectivity index (χ2v) is 7.21. The molecule has 0 N–H and O–H groups in total. The van der Waals surface area contributed by atoms with Gasteiger partial charge in [0.15, 0.2) is 0 Å². The van der Waals surface area contributed by atoms with Gasteiger partial charge in [0.1, 0.15) is 5.58 Å². The van der Waals surface area contributed by atoms with Crippen LogP contribution >= 0.6 is 11.3 Å². The lowest BCUT2D eigenvalue weighted by molar-refractivity contribution is 0.252. The van der Waals surface area contributed by atoms with Crippen LogP contribution in [0.1, 0.15) is 34.9 Å². The van der Waals surface area contributed by atoms with E-state index in [2.05, 4.69) is 34.5 Å². The van der Waals surface area contributed by atoms with Crippen LogP contribution < -0.4 is 5.63 Å². The number of likely N-dealkylation sites (tertiary alicyclic amines) is 1. The minimum Gasteiger partial charge on any atom is -0.423 e. The van der Waals surface area contributed by atoms with E-state index in [1.54, 1.807) is 6.07 Å². The van der Waals surface area contributed by atoms with Gasteiger partial charge in [0.25, 0.3) is 0 Å². The molecule has 2 aromatic heterocycles. The summed E-state index contributed by atoms with van der Waals surface area (Å²) in [6, 6.07) is 12.6. The topological polar surface area (TPSA) is 33.5 Å². The Balaban J connectivity index is 1.71. The van der Waals surface area contributed by atoms with Crippen LogP contribution in [0.4, 0.5) is 0 Å². The molecule has 1 aliphatic rings. The molecule has 0 aliphatic carbocycles. The zero-order chi connectivity index (χ0) is 15.8. The monoisotopic (exact) mass is 325 g/mol. The van der Waals surface area contributed by atoms with Gasteiger partial charge < -0.3 is 4.42 Å². The molecular formula is C19H19NO2S. The first-order chi connectivity index (χ1) is 11.2. The van der Waals surface area contributed by atoms with Gasteiger partial charge in [-0.25, -0.2) is 4.79 Å². The molecule has 0 bridgehead atoms. The summed E-state index contributed by atoms with van der Waals surface area (Å²) in [6.45, 7) is 3.89. The van der Waals surface area contributed by atoms with E-state index < -0.39 is 0 Å². The molecule has 1 aromatic carbocycles. The third-order valence-corrected chi connectivity index (χ3v) is 5.57. The molecule has 0 saturated carbocycles. The van der Waals surface area contributed by atoms with Gasteiger partial charge in [0.2, 0.25) is 0 Å². The number of hydrogen-bond donors (Lipinski definition) is 0. The lowest BCUT2D eigenvalue weighted by Gasteiger charge is -2.24. The minimum absolute atomic E-state index is 0.259. The van der Waals surface area contributed by atoms with E-state index in [1.807, 2.05) is 24.3 Å². The quantitative estimate of drug-likeness (QED) is 0.665. The number of thiophene rings is 1. The molecule has 4 rings (SSSR count). The maximum Gasteiger partial charge on any atom is 0.336 e. The van der Waals surface area contributed by atoms with Gasteiger partial charge in [0.05, 0.1) is 0 Å². The highest BCUT2D eigenvalue weighted by Crippen LogP contribution is 2.36. The largest absolute Gasteiger partial charge is 0.423 e. The molecule has 3 nitrogen and oxygen atoms in total. The summed E-state index contributed by atoms with van der Waals surface area (Å²) in [5.41, 5.74) is 2.61. The summed E-state index contributed by atoms with van der Waals surface area (Å²) in [5.74, 6) is 0. The molecule has 0 unspecified atom stereocenters. The van der Waals surface area contributed by atoms with Crippen LogP contribution in [0.15, 0.2) is 51.0 Å². The highest BCUT2D eigenvalue weighted by molar-refractivity contribution is 7.10. The van der Waals surface area contributed by atoms with E-state index in [9.17, 15) is 4.79 Å². The molecule has 1 atom stereocenters. The Labute approximate surface area is 139 Å². The molecule has 1 fully saturated rings. The maximum absolute atomic E-state index is 11.9. The molecular weight excluding hydrogens is 306 g/mol. The van der Waals surface area contributed by atoms with E-state index in [0.717, 1.165) is 29.6 Å². The first kappa shape index (κ1) is 14.7. The van der Waals surface area contributed by atoms with Crippen LogP contribution in [0.5, 0.6) is 0 Å². The van der Waals surface area contributed by atoms with E-state index in [4.69, 9.17) is 4.42 Å². The third kappa shape index (κ3) is 2.84. The number of hydrogen-bond acceptors (Lipinski definition) is 4. The Kier molecular flexibility index (Phi) is 3.79. The molecule has 1 saturated heterocycles. The number of benzene rings is 1. The van der Waals surface area contributed by atoms with Crippen molar-refractivity contribution in [3.8, 4) is 0 Å². The fraction of sp³-hybridized carbons (Fsp3) is 0.316. The van der Waals surface area contributed by atoms with Crippen LogP contribution in [0.2, 0.25) is 0 Å². The number of rotatable bonds is 3. The molecule has 118 valence electrons. The highest BCUT2D eigenvalue weighted by atomic mass is 32.1. The molecule has 0 radical (unpaired) electrons. The Hall–Kier alpha value is -1.91. The van der Waals surface area contributed by atoms with Gasteiger partial charge in [0, 0.05) is 28.9 Å². The molecule has 0 spiro atoms. The predicted molar refractivity (Wildman–Crippen MR) is 93.9 cm³/mol. The van der Waals surface area contributed by atoms with Crippen molar-refractivity contribution >= 4 is 22.3 Å². The fourth-order valence-corrected chi connectivity index (χ4v) is 4.40. The smallest absolute Gasteiger partial charge is 0.336 e. The fourth-order valence-electron chi connectivity index (χ4n) is 3.51. The normalized spacial score (nSPS) is 18.7. The van der Waals surface area contributed by atoms with Crippen molar-refractivity contribution < 1.29 is 4.42 Å². The average molecular weight is 325 g/mol. The van der Waals surface area contributed by atoms with Crippen LogP contribution in [-0.2, 0) is 6.54 Å². The SMILES string of the molecule is Cc1ccc2c(CN3CCC[C@@H]3c3cccs3)cc(=O)oc2c1. The van der Waals surface area contributed by atoms with E-state index in [1.165, 1.54) is 17.7 Å². The third-order valence-electron chi connectivity index (χ3n) is 4.59.